The Morgan fingerprint density at radius 1 is 1.13 bits per heavy atom. The molecule has 15 heavy (non-hydrogen) atoms. The summed E-state index contributed by atoms with van der Waals surface area (Å²) in [5.74, 6) is 0. The van der Waals surface area contributed by atoms with Crippen molar-refractivity contribution in [2.24, 2.45) is 0 Å². The summed E-state index contributed by atoms with van der Waals surface area (Å²) < 4.78 is 11.4. The van der Waals surface area contributed by atoms with Gasteiger partial charge < -0.3 is 8.85 Å². The third kappa shape index (κ3) is 3.78. The fourth-order valence-corrected chi connectivity index (χ4v) is 2.98. The zero-order valence-corrected chi connectivity index (χ0v) is 10.7. The second-order valence-corrected chi connectivity index (χ2v) is 5.21. The summed E-state index contributed by atoms with van der Waals surface area (Å²) in [6.45, 7) is 4.29. The molecule has 0 atom stereocenters. The Kier molecular flexibility index (Phi) is 5.61. The van der Waals surface area contributed by atoms with E-state index >= 15 is 0 Å². The van der Waals surface area contributed by atoms with Crippen LogP contribution in [0.25, 0.3) is 0 Å². The van der Waals surface area contributed by atoms with E-state index in [-0.39, 0.29) is 0 Å². The van der Waals surface area contributed by atoms with Crippen molar-refractivity contribution in [1.82, 2.24) is 0 Å². The first-order valence-electron chi connectivity index (χ1n) is 5.44. The van der Waals surface area contributed by atoms with Gasteiger partial charge >= 0.3 is 9.28 Å². The topological polar surface area (TPSA) is 18.5 Å². The molecule has 0 amide bonds. The number of benzene rings is 1. The Hall–Kier alpha value is -0.643. The zero-order chi connectivity index (χ0) is 11.1. The monoisotopic (exact) mass is 223 g/mol. The van der Waals surface area contributed by atoms with Crippen LogP contribution in [0.2, 0.25) is 0 Å². The largest absolute Gasteiger partial charge is 0.423 e. The lowest BCUT2D eigenvalue weighted by molar-refractivity contribution is 0.152. The van der Waals surface area contributed by atoms with E-state index in [1.54, 1.807) is 7.11 Å². The first-order valence-corrected chi connectivity index (χ1v) is 6.76. The Labute approximate surface area is 94.1 Å². The standard InChI is InChI=1S/C12H19O2Si/c1-4-11(5-2)14-15(13-3)12-9-7-6-8-10-12/h6-11H,4-5H2,1-3H3. The van der Waals surface area contributed by atoms with Gasteiger partial charge in [-0.3, -0.25) is 0 Å². The van der Waals surface area contributed by atoms with E-state index in [0.717, 1.165) is 12.8 Å². The van der Waals surface area contributed by atoms with Crippen LogP contribution in [-0.4, -0.2) is 22.5 Å². The molecule has 0 bridgehead atoms. The molecular formula is C12H19O2Si. The lowest BCUT2D eigenvalue weighted by atomic mass is 10.2. The van der Waals surface area contributed by atoms with E-state index in [1.165, 1.54) is 5.19 Å². The van der Waals surface area contributed by atoms with E-state index in [0.29, 0.717) is 6.10 Å². The Morgan fingerprint density at radius 2 is 1.73 bits per heavy atom. The smallest absolute Gasteiger partial charge is 0.393 e. The fraction of sp³-hybridized carbons (Fsp3) is 0.500. The van der Waals surface area contributed by atoms with Gasteiger partial charge in [0.1, 0.15) is 0 Å². The van der Waals surface area contributed by atoms with Crippen molar-refractivity contribution in [2.75, 3.05) is 7.11 Å². The normalized spacial score (nSPS) is 11.3. The summed E-state index contributed by atoms with van der Waals surface area (Å²) in [5.41, 5.74) is 0. The lowest BCUT2D eigenvalue weighted by Crippen LogP contribution is -2.38. The molecule has 0 fully saturated rings. The molecule has 0 spiro atoms. The molecular weight excluding hydrogens is 204 g/mol. The summed E-state index contributed by atoms with van der Waals surface area (Å²) in [5, 5.41) is 1.18. The van der Waals surface area contributed by atoms with Gasteiger partial charge in [-0.2, -0.15) is 0 Å². The van der Waals surface area contributed by atoms with Crippen LogP contribution in [0, 0.1) is 0 Å². The Morgan fingerprint density at radius 3 is 2.20 bits per heavy atom. The number of hydrogen-bond acceptors (Lipinski definition) is 2. The lowest BCUT2D eigenvalue weighted by Gasteiger charge is -2.19. The summed E-state index contributed by atoms with van der Waals surface area (Å²) in [6.07, 6.45) is 2.40. The van der Waals surface area contributed by atoms with Gasteiger partial charge in [0.2, 0.25) is 0 Å². The maximum absolute atomic E-state index is 5.96. The highest BCUT2D eigenvalue weighted by atomic mass is 28.3. The van der Waals surface area contributed by atoms with Gasteiger partial charge in [0.05, 0.1) is 0 Å². The highest BCUT2D eigenvalue weighted by Gasteiger charge is 2.20. The zero-order valence-electron chi connectivity index (χ0n) is 9.69. The van der Waals surface area contributed by atoms with E-state index < -0.39 is 9.28 Å². The van der Waals surface area contributed by atoms with Gasteiger partial charge in [-0.25, -0.2) is 0 Å². The van der Waals surface area contributed by atoms with Gasteiger partial charge in [0.15, 0.2) is 0 Å². The second-order valence-electron chi connectivity index (χ2n) is 3.41. The molecule has 0 heterocycles. The van der Waals surface area contributed by atoms with Crippen molar-refractivity contribution in [2.45, 2.75) is 32.8 Å². The maximum atomic E-state index is 5.96. The van der Waals surface area contributed by atoms with E-state index in [9.17, 15) is 0 Å². The van der Waals surface area contributed by atoms with Gasteiger partial charge in [0, 0.05) is 13.2 Å². The first kappa shape index (κ1) is 12.4. The fourth-order valence-electron chi connectivity index (χ4n) is 1.41. The summed E-state index contributed by atoms with van der Waals surface area (Å²) >= 11 is 0. The maximum Gasteiger partial charge on any atom is 0.423 e. The van der Waals surface area contributed by atoms with Crippen molar-refractivity contribution in [1.29, 1.82) is 0 Å². The third-order valence-electron chi connectivity index (χ3n) is 2.38. The van der Waals surface area contributed by atoms with Crippen LogP contribution in [0.5, 0.6) is 0 Å². The molecule has 0 unspecified atom stereocenters. The molecule has 0 aliphatic heterocycles. The molecule has 1 radical (unpaired) electrons. The van der Waals surface area contributed by atoms with Crippen LogP contribution >= 0.6 is 0 Å². The average Bonchev–Trinajstić information content (AvgIpc) is 2.32. The van der Waals surface area contributed by atoms with Crippen LogP contribution in [-0.2, 0) is 8.85 Å². The second kappa shape index (κ2) is 6.77. The summed E-state index contributed by atoms with van der Waals surface area (Å²) in [4.78, 5) is 0. The molecule has 0 aromatic heterocycles. The van der Waals surface area contributed by atoms with Crippen LogP contribution < -0.4 is 5.19 Å². The van der Waals surface area contributed by atoms with Crippen LogP contribution in [0.15, 0.2) is 30.3 Å². The molecule has 0 aliphatic rings. The predicted octanol–water partition coefficient (Wildman–Crippen LogP) is 2.23. The predicted molar refractivity (Wildman–Crippen MR) is 64.3 cm³/mol. The van der Waals surface area contributed by atoms with Crippen molar-refractivity contribution >= 4 is 14.5 Å². The van der Waals surface area contributed by atoms with Crippen molar-refractivity contribution in [3.63, 3.8) is 0 Å². The van der Waals surface area contributed by atoms with E-state index in [4.69, 9.17) is 8.85 Å². The number of rotatable bonds is 6. The first-order chi connectivity index (χ1) is 7.31. The molecule has 0 saturated carbocycles. The Bertz CT molecular complexity index is 260. The molecule has 0 N–H and O–H groups in total. The molecule has 1 aromatic rings. The van der Waals surface area contributed by atoms with Gasteiger partial charge in [-0.1, -0.05) is 44.2 Å². The minimum atomic E-state index is -1.28. The van der Waals surface area contributed by atoms with Gasteiger partial charge in [-0.05, 0) is 18.0 Å². The molecule has 1 aromatic carbocycles. The highest BCUT2D eigenvalue weighted by Crippen LogP contribution is 2.05. The quantitative estimate of drug-likeness (QED) is 0.689. The molecule has 0 saturated heterocycles. The SMILES string of the molecule is CCC(CC)O[Si](OC)c1ccccc1. The Balaban J connectivity index is 2.64. The minimum absolute atomic E-state index is 0.319. The van der Waals surface area contributed by atoms with Crippen molar-refractivity contribution in [3.05, 3.63) is 30.3 Å². The summed E-state index contributed by atoms with van der Waals surface area (Å²) in [7, 11) is 0.441. The van der Waals surface area contributed by atoms with Crippen molar-refractivity contribution < 1.29 is 8.85 Å². The van der Waals surface area contributed by atoms with E-state index in [2.05, 4.69) is 26.0 Å². The molecule has 0 aliphatic carbocycles. The van der Waals surface area contributed by atoms with Crippen LogP contribution in [0.4, 0.5) is 0 Å². The molecule has 3 heteroatoms. The van der Waals surface area contributed by atoms with E-state index in [1.807, 2.05) is 18.2 Å². The minimum Gasteiger partial charge on any atom is -0.393 e. The van der Waals surface area contributed by atoms with Crippen LogP contribution in [0.3, 0.4) is 0 Å². The average molecular weight is 223 g/mol. The number of hydrogen-bond donors (Lipinski definition) is 0. The molecule has 83 valence electrons. The highest BCUT2D eigenvalue weighted by molar-refractivity contribution is 6.61. The van der Waals surface area contributed by atoms with Gasteiger partial charge in [0.25, 0.3) is 0 Å². The van der Waals surface area contributed by atoms with Crippen molar-refractivity contribution in [3.8, 4) is 0 Å². The molecule has 1 rings (SSSR count). The molecule has 2 nitrogen and oxygen atoms in total. The van der Waals surface area contributed by atoms with Crippen LogP contribution in [0.1, 0.15) is 26.7 Å². The summed E-state index contributed by atoms with van der Waals surface area (Å²) in [6, 6.07) is 10.2. The third-order valence-corrected chi connectivity index (χ3v) is 4.10. The van der Waals surface area contributed by atoms with Gasteiger partial charge in [-0.15, -0.1) is 0 Å².